The number of hydrogen-bond acceptors (Lipinski definition) is 5. The molecule has 7 heteroatoms. The van der Waals surface area contributed by atoms with Crippen molar-refractivity contribution in [3.63, 3.8) is 0 Å². The first-order valence-corrected chi connectivity index (χ1v) is 11.4. The van der Waals surface area contributed by atoms with Gasteiger partial charge in [-0.1, -0.05) is 18.2 Å². The Labute approximate surface area is 201 Å². The highest BCUT2D eigenvalue weighted by atomic mass is 79.9. The molecule has 0 fully saturated rings. The number of nitrogens with zero attached hydrogens (tertiary/aromatic N) is 1. The van der Waals surface area contributed by atoms with Crippen molar-refractivity contribution >= 4 is 33.0 Å². The standard InChI is InChI=1S/C26H25BrN2O4/c1-26(2,3)33-25(30)29-14-17-5-4-6-19(11-17)21-13-18(12-20-8-10-31-24(20)21)16-32-23-7-9-28-15-22(23)27/h4-13,15H,14,16H2,1-3H3,(H,29,30). The third-order valence-electron chi connectivity index (χ3n) is 4.81. The van der Waals surface area contributed by atoms with Gasteiger partial charge in [-0.3, -0.25) is 4.98 Å². The fourth-order valence-corrected chi connectivity index (χ4v) is 3.78. The van der Waals surface area contributed by atoms with Crippen LogP contribution in [-0.2, 0) is 17.9 Å². The summed E-state index contributed by atoms with van der Waals surface area (Å²) < 4.78 is 17.9. The number of benzene rings is 2. The number of ether oxygens (including phenoxy) is 2. The Hall–Kier alpha value is -3.32. The van der Waals surface area contributed by atoms with Crippen LogP contribution in [0.2, 0.25) is 0 Å². The average molecular weight is 509 g/mol. The van der Waals surface area contributed by atoms with Gasteiger partial charge in [-0.2, -0.15) is 0 Å². The largest absolute Gasteiger partial charge is 0.488 e. The van der Waals surface area contributed by atoms with Gasteiger partial charge in [0.2, 0.25) is 0 Å². The van der Waals surface area contributed by atoms with E-state index in [9.17, 15) is 4.79 Å². The third-order valence-corrected chi connectivity index (χ3v) is 5.41. The SMILES string of the molecule is CC(C)(C)OC(=O)NCc1cccc(-c2cc(COc3ccncc3Br)cc3ccoc23)c1. The summed E-state index contributed by atoms with van der Waals surface area (Å²) in [4.78, 5) is 16.1. The number of carbonyl (C=O) groups excluding carboxylic acids is 1. The Morgan fingerprint density at radius 1 is 1.12 bits per heavy atom. The number of aromatic nitrogens is 1. The molecule has 4 aromatic rings. The maximum Gasteiger partial charge on any atom is 0.407 e. The molecule has 6 nitrogen and oxygen atoms in total. The Balaban J connectivity index is 1.56. The molecule has 0 aliphatic carbocycles. The van der Waals surface area contributed by atoms with Crippen molar-refractivity contribution in [1.29, 1.82) is 0 Å². The van der Waals surface area contributed by atoms with Crippen molar-refractivity contribution in [2.24, 2.45) is 0 Å². The van der Waals surface area contributed by atoms with E-state index in [0.29, 0.717) is 13.2 Å². The summed E-state index contributed by atoms with van der Waals surface area (Å²) in [6, 6.07) is 15.9. The van der Waals surface area contributed by atoms with Crippen molar-refractivity contribution in [3.8, 4) is 16.9 Å². The van der Waals surface area contributed by atoms with Crippen LogP contribution in [0, 0.1) is 0 Å². The van der Waals surface area contributed by atoms with E-state index in [1.807, 2.05) is 57.2 Å². The van der Waals surface area contributed by atoms with Gasteiger partial charge < -0.3 is 19.2 Å². The van der Waals surface area contributed by atoms with Crippen LogP contribution >= 0.6 is 15.9 Å². The Morgan fingerprint density at radius 3 is 2.76 bits per heavy atom. The number of alkyl carbamates (subject to hydrolysis) is 1. The Kier molecular flexibility index (Phi) is 6.70. The van der Waals surface area contributed by atoms with Crippen molar-refractivity contribution in [2.45, 2.75) is 39.5 Å². The highest BCUT2D eigenvalue weighted by molar-refractivity contribution is 9.10. The molecule has 0 spiro atoms. The lowest BCUT2D eigenvalue weighted by Gasteiger charge is -2.19. The molecule has 170 valence electrons. The predicted octanol–water partition coefficient (Wildman–Crippen LogP) is 6.86. The first-order valence-electron chi connectivity index (χ1n) is 10.6. The van der Waals surface area contributed by atoms with Crippen LogP contribution in [0.25, 0.3) is 22.1 Å². The first kappa shape index (κ1) is 22.9. The van der Waals surface area contributed by atoms with E-state index in [2.05, 4.69) is 38.4 Å². The summed E-state index contributed by atoms with van der Waals surface area (Å²) in [6.07, 6.45) is 4.65. The van der Waals surface area contributed by atoms with Crippen LogP contribution in [0.3, 0.4) is 0 Å². The lowest BCUT2D eigenvalue weighted by Crippen LogP contribution is -2.32. The molecule has 0 aliphatic heterocycles. The van der Waals surface area contributed by atoms with E-state index >= 15 is 0 Å². The van der Waals surface area contributed by atoms with E-state index in [1.54, 1.807) is 18.7 Å². The van der Waals surface area contributed by atoms with Crippen LogP contribution in [-0.4, -0.2) is 16.7 Å². The number of rotatable bonds is 6. The number of pyridine rings is 1. The minimum Gasteiger partial charge on any atom is -0.488 e. The number of amides is 1. The molecule has 33 heavy (non-hydrogen) atoms. The zero-order valence-corrected chi connectivity index (χ0v) is 20.3. The smallest absolute Gasteiger partial charge is 0.407 e. The van der Waals surface area contributed by atoms with Crippen LogP contribution in [0.1, 0.15) is 31.9 Å². The Bertz CT molecular complexity index is 1280. The van der Waals surface area contributed by atoms with Gasteiger partial charge in [0.25, 0.3) is 0 Å². The van der Waals surface area contributed by atoms with Gasteiger partial charge in [0, 0.05) is 29.9 Å². The molecule has 0 aliphatic rings. The van der Waals surface area contributed by atoms with Gasteiger partial charge in [-0.15, -0.1) is 0 Å². The minimum atomic E-state index is -0.537. The summed E-state index contributed by atoms with van der Waals surface area (Å²) in [5.74, 6) is 0.731. The molecule has 2 heterocycles. The number of halogens is 1. The second kappa shape index (κ2) is 9.67. The van der Waals surface area contributed by atoms with Crippen molar-refractivity contribution in [1.82, 2.24) is 10.3 Å². The van der Waals surface area contributed by atoms with Crippen LogP contribution in [0.5, 0.6) is 5.75 Å². The second-order valence-corrected chi connectivity index (χ2v) is 9.49. The summed E-state index contributed by atoms with van der Waals surface area (Å²) in [5, 5.41) is 3.80. The molecule has 0 saturated carbocycles. The molecule has 4 rings (SSSR count). The lowest BCUT2D eigenvalue weighted by molar-refractivity contribution is 0.0523. The summed E-state index contributed by atoms with van der Waals surface area (Å²) in [6.45, 7) is 6.28. The van der Waals surface area contributed by atoms with E-state index in [1.165, 1.54) is 0 Å². The molecular weight excluding hydrogens is 484 g/mol. The number of nitrogens with one attached hydrogen (secondary N) is 1. The van der Waals surface area contributed by atoms with Crippen LogP contribution < -0.4 is 10.1 Å². The van der Waals surface area contributed by atoms with E-state index in [-0.39, 0.29) is 0 Å². The van der Waals surface area contributed by atoms with Gasteiger partial charge in [0.1, 0.15) is 23.5 Å². The number of carbonyl (C=O) groups is 1. The highest BCUT2D eigenvalue weighted by Gasteiger charge is 2.16. The fourth-order valence-electron chi connectivity index (χ4n) is 3.42. The maximum atomic E-state index is 12.0. The zero-order valence-electron chi connectivity index (χ0n) is 18.7. The average Bonchev–Trinajstić information content (AvgIpc) is 3.24. The molecule has 0 saturated heterocycles. The number of fused-ring (bicyclic) bond motifs is 1. The lowest BCUT2D eigenvalue weighted by atomic mass is 9.99. The Morgan fingerprint density at radius 2 is 1.97 bits per heavy atom. The first-order chi connectivity index (χ1) is 15.8. The van der Waals surface area contributed by atoms with Gasteiger partial charge in [0.15, 0.2) is 0 Å². The second-order valence-electron chi connectivity index (χ2n) is 8.63. The summed E-state index contributed by atoms with van der Waals surface area (Å²) >= 11 is 3.46. The summed E-state index contributed by atoms with van der Waals surface area (Å²) in [5.41, 5.74) is 4.20. The molecule has 0 radical (unpaired) electrons. The van der Waals surface area contributed by atoms with Crippen molar-refractivity contribution in [2.75, 3.05) is 0 Å². The van der Waals surface area contributed by atoms with Crippen LogP contribution in [0.4, 0.5) is 4.79 Å². The van der Waals surface area contributed by atoms with Gasteiger partial charge in [-0.25, -0.2) is 4.79 Å². The molecule has 2 aromatic carbocycles. The molecule has 0 unspecified atom stereocenters. The monoisotopic (exact) mass is 508 g/mol. The molecular formula is C26H25BrN2O4. The normalized spacial score (nSPS) is 11.4. The predicted molar refractivity (Wildman–Crippen MR) is 131 cm³/mol. The number of furan rings is 1. The zero-order chi connectivity index (χ0) is 23.4. The fraction of sp³-hybridized carbons (Fsp3) is 0.231. The summed E-state index contributed by atoms with van der Waals surface area (Å²) in [7, 11) is 0. The molecule has 1 N–H and O–H groups in total. The third kappa shape index (κ3) is 5.93. The highest BCUT2D eigenvalue weighted by Crippen LogP contribution is 2.32. The van der Waals surface area contributed by atoms with E-state index < -0.39 is 11.7 Å². The van der Waals surface area contributed by atoms with Gasteiger partial charge in [-0.05, 0) is 83.7 Å². The molecule has 2 aromatic heterocycles. The topological polar surface area (TPSA) is 73.6 Å². The quantitative estimate of drug-likeness (QED) is 0.307. The van der Waals surface area contributed by atoms with Crippen molar-refractivity contribution < 1.29 is 18.7 Å². The maximum absolute atomic E-state index is 12.0. The van der Waals surface area contributed by atoms with E-state index in [4.69, 9.17) is 13.9 Å². The molecule has 1 amide bonds. The van der Waals surface area contributed by atoms with Crippen LogP contribution in [0.15, 0.2) is 76.1 Å². The number of hydrogen-bond donors (Lipinski definition) is 1. The van der Waals surface area contributed by atoms with Gasteiger partial charge in [0.05, 0.1) is 10.7 Å². The molecule has 0 bridgehead atoms. The van der Waals surface area contributed by atoms with E-state index in [0.717, 1.165) is 43.4 Å². The molecule has 0 atom stereocenters. The van der Waals surface area contributed by atoms with Crippen molar-refractivity contribution in [3.05, 3.63) is 82.8 Å². The minimum absolute atomic E-state index is 0.364. The van der Waals surface area contributed by atoms with Gasteiger partial charge >= 0.3 is 6.09 Å².